The summed E-state index contributed by atoms with van der Waals surface area (Å²) in [4.78, 5) is 30.2. The van der Waals surface area contributed by atoms with Gasteiger partial charge in [0.05, 0.1) is 5.56 Å². The second-order valence-corrected chi connectivity index (χ2v) is 7.90. The molecule has 0 saturated heterocycles. The maximum Gasteiger partial charge on any atom is 0.573 e. The lowest BCUT2D eigenvalue weighted by Crippen LogP contribution is -2.42. The highest BCUT2D eigenvalue weighted by Crippen LogP contribution is 2.42. The van der Waals surface area contributed by atoms with Gasteiger partial charge in [-0.25, -0.2) is 4.79 Å². The zero-order valence-electron chi connectivity index (χ0n) is 17.3. The molecule has 172 valence electrons. The van der Waals surface area contributed by atoms with Crippen LogP contribution in [0.15, 0.2) is 38.8 Å². The first-order chi connectivity index (χ1) is 15.2. The molecule has 1 aromatic carbocycles. The molecule has 1 N–H and O–H groups in total. The molecule has 0 spiro atoms. The topological polar surface area (TPSA) is 95.0 Å². The number of alkyl halides is 3. The Kier molecular flexibility index (Phi) is 5.85. The summed E-state index contributed by atoms with van der Waals surface area (Å²) in [7, 11) is 1.50. The quantitative estimate of drug-likeness (QED) is 0.751. The van der Waals surface area contributed by atoms with Crippen molar-refractivity contribution in [1.29, 1.82) is 0 Å². The lowest BCUT2D eigenvalue weighted by atomic mass is 9.71. The molecule has 2 unspecified atom stereocenters. The fraction of sp³-hybridized carbons (Fsp3) is 0.476. The Morgan fingerprint density at radius 3 is 2.62 bits per heavy atom. The van der Waals surface area contributed by atoms with Gasteiger partial charge in [0.2, 0.25) is 0 Å². The van der Waals surface area contributed by atoms with Crippen molar-refractivity contribution in [3.8, 4) is 11.5 Å². The Labute approximate surface area is 180 Å². The molecule has 2 atom stereocenters. The number of aliphatic hydroxyl groups is 1. The summed E-state index contributed by atoms with van der Waals surface area (Å²) in [6.07, 6.45) is -2.55. The molecule has 0 radical (unpaired) electrons. The number of rotatable bonds is 5. The van der Waals surface area contributed by atoms with E-state index in [9.17, 15) is 22.8 Å². The number of aromatic nitrogens is 2. The first kappa shape index (κ1) is 22.1. The standard InChI is InChI=1S/C21H22F3N3O5/c1-26-17-16(19(29)27(20(26)30)8-3-9-28)10-12-6-7-15(12)18(25-17)31-13-4-2-5-14(11-13)32-21(22,23)24/h2,4-5,11-12,15,28H,3,6-10H2,1H3. The van der Waals surface area contributed by atoms with E-state index in [1.807, 2.05) is 0 Å². The van der Waals surface area contributed by atoms with E-state index < -0.39 is 23.4 Å². The van der Waals surface area contributed by atoms with E-state index in [0.717, 1.165) is 29.5 Å². The molecule has 4 rings (SSSR count). The number of halogens is 3. The van der Waals surface area contributed by atoms with Crippen molar-refractivity contribution >= 4 is 11.7 Å². The van der Waals surface area contributed by atoms with E-state index in [1.54, 1.807) is 0 Å². The molecule has 0 bridgehead atoms. The number of fused-ring (bicyclic) bond motifs is 2. The molecule has 2 aliphatic rings. The molecule has 1 saturated carbocycles. The number of nitrogens with zero attached hydrogens (tertiary/aromatic N) is 3. The van der Waals surface area contributed by atoms with Gasteiger partial charge in [-0.3, -0.25) is 13.9 Å². The van der Waals surface area contributed by atoms with Crippen LogP contribution in [0.5, 0.6) is 11.5 Å². The maximum atomic E-state index is 13.0. The molecule has 1 aromatic heterocycles. The van der Waals surface area contributed by atoms with Crippen LogP contribution in [-0.4, -0.2) is 33.1 Å². The minimum absolute atomic E-state index is 0.0705. The predicted octanol–water partition coefficient (Wildman–Crippen LogP) is 2.52. The highest BCUT2D eigenvalue weighted by atomic mass is 19.4. The average Bonchev–Trinajstić information content (AvgIpc) is 2.79. The van der Waals surface area contributed by atoms with Crippen molar-refractivity contribution < 1.29 is 27.8 Å². The second-order valence-electron chi connectivity index (χ2n) is 7.90. The fourth-order valence-corrected chi connectivity index (χ4v) is 4.11. The molecular weight excluding hydrogens is 431 g/mol. The Balaban J connectivity index is 1.73. The van der Waals surface area contributed by atoms with E-state index in [-0.39, 0.29) is 48.9 Å². The van der Waals surface area contributed by atoms with Gasteiger partial charge in [-0.2, -0.15) is 4.99 Å². The van der Waals surface area contributed by atoms with E-state index in [0.29, 0.717) is 12.0 Å². The van der Waals surface area contributed by atoms with Crippen LogP contribution in [0.2, 0.25) is 0 Å². The second kappa shape index (κ2) is 8.45. The van der Waals surface area contributed by atoms with Gasteiger partial charge < -0.3 is 14.6 Å². The van der Waals surface area contributed by atoms with Crippen LogP contribution in [0.25, 0.3) is 0 Å². The normalized spacial score (nSPS) is 19.8. The maximum absolute atomic E-state index is 13.0. The molecule has 32 heavy (non-hydrogen) atoms. The number of ether oxygens (including phenoxy) is 2. The number of aliphatic imine (C=N–C) groups is 1. The third-order valence-electron chi connectivity index (χ3n) is 5.83. The smallest absolute Gasteiger partial charge is 0.442 e. The van der Waals surface area contributed by atoms with Crippen molar-refractivity contribution in [2.45, 2.75) is 38.6 Å². The molecule has 0 amide bonds. The van der Waals surface area contributed by atoms with Crippen molar-refractivity contribution in [2.75, 3.05) is 6.61 Å². The summed E-state index contributed by atoms with van der Waals surface area (Å²) in [6, 6.07) is 5.13. The molecule has 11 heteroatoms. The molecule has 1 fully saturated rings. The van der Waals surface area contributed by atoms with Gasteiger partial charge in [0.25, 0.3) is 5.56 Å². The lowest BCUT2D eigenvalue weighted by molar-refractivity contribution is -0.274. The van der Waals surface area contributed by atoms with E-state index in [1.165, 1.54) is 23.7 Å². The van der Waals surface area contributed by atoms with Gasteiger partial charge in [-0.05, 0) is 43.7 Å². The van der Waals surface area contributed by atoms with Crippen LogP contribution < -0.4 is 20.7 Å². The summed E-state index contributed by atoms with van der Waals surface area (Å²) >= 11 is 0. The number of hydrogen-bond acceptors (Lipinski definition) is 6. The van der Waals surface area contributed by atoms with Crippen LogP contribution in [0.3, 0.4) is 0 Å². The molecule has 1 aliphatic carbocycles. The Hall–Kier alpha value is -3.08. The fourth-order valence-electron chi connectivity index (χ4n) is 4.11. The zero-order valence-corrected chi connectivity index (χ0v) is 17.3. The first-order valence-corrected chi connectivity index (χ1v) is 10.2. The summed E-state index contributed by atoms with van der Waals surface area (Å²) < 4.78 is 49.8. The molecular formula is C21H22F3N3O5. The summed E-state index contributed by atoms with van der Waals surface area (Å²) in [6.45, 7) is -0.0485. The molecule has 2 aromatic rings. The number of hydrogen-bond donors (Lipinski definition) is 1. The number of aliphatic hydroxyl groups excluding tert-OH is 1. The van der Waals surface area contributed by atoms with E-state index in [2.05, 4.69) is 9.73 Å². The number of benzene rings is 1. The summed E-state index contributed by atoms with van der Waals surface area (Å²) in [5.41, 5.74) is -0.597. The third-order valence-corrected chi connectivity index (χ3v) is 5.83. The molecule has 1 aliphatic heterocycles. The average molecular weight is 453 g/mol. The van der Waals surface area contributed by atoms with Gasteiger partial charge in [0, 0.05) is 32.2 Å². The zero-order chi connectivity index (χ0) is 23.0. The Morgan fingerprint density at radius 1 is 1.22 bits per heavy atom. The minimum atomic E-state index is -4.83. The molecule has 8 nitrogen and oxygen atoms in total. The van der Waals surface area contributed by atoms with Crippen LogP contribution in [0.1, 0.15) is 24.8 Å². The van der Waals surface area contributed by atoms with Crippen molar-refractivity contribution in [2.24, 2.45) is 23.9 Å². The Bertz CT molecular complexity index is 1170. The largest absolute Gasteiger partial charge is 0.573 e. The predicted molar refractivity (Wildman–Crippen MR) is 108 cm³/mol. The van der Waals surface area contributed by atoms with Gasteiger partial charge in [0.15, 0.2) is 5.90 Å². The lowest BCUT2D eigenvalue weighted by Gasteiger charge is -2.35. The third kappa shape index (κ3) is 4.29. The van der Waals surface area contributed by atoms with Crippen LogP contribution >= 0.6 is 0 Å². The van der Waals surface area contributed by atoms with E-state index in [4.69, 9.17) is 9.84 Å². The minimum Gasteiger partial charge on any atom is -0.442 e. The monoisotopic (exact) mass is 453 g/mol. The van der Waals surface area contributed by atoms with Crippen LogP contribution in [-0.2, 0) is 20.0 Å². The highest BCUT2D eigenvalue weighted by molar-refractivity contribution is 5.85. The first-order valence-electron chi connectivity index (χ1n) is 10.2. The Morgan fingerprint density at radius 2 is 1.97 bits per heavy atom. The van der Waals surface area contributed by atoms with Gasteiger partial charge in [-0.15, -0.1) is 13.2 Å². The van der Waals surface area contributed by atoms with Gasteiger partial charge >= 0.3 is 12.1 Å². The summed E-state index contributed by atoms with van der Waals surface area (Å²) in [5.74, 6) is 0.0879. The van der Waals surface area contributed by atoms with Crippen LogP contribution in [0.4, 0.5) is 19.0 Å². The van der Waals surface area contributed by atoms with Crippen molar-refractivity contribution in [3.05, 3.63) is 50.7 Å². The van der Waals surface area contributed by atoms with Crippen molar-refractivity contribution in [3.63, 3.8) is 0 Å². The van der Waals surface area contributed by atoms with Gasteiger partial charge in [-0.1, -0.05) is 6.07 Å². The SMILES string of the molecule is Cn1c2c(c(=O)n(CCCO)c1=O)CC1CCC1C(Oc1cccc(OC(F)(F)F)c1)=N2. The van der Waals surface area contributed by atoms with Crippen LogP contribution in [0, 0.1) is 11.8 Å². The highest BCUT2D eigenvalue weighted by Gasteiger charge is 2.40. The van der Waals surface area contributed by atoms with Gasteiger partial charge in [0.1, 0.15) is 17.3 Å². The molecule has 2 heterocycles. The summed E-state index contributed by atoms with van der Waals surface area (Å²) in [5, 5.41) is 9.07. The van der Waals surface area contributed by atoms with Crippen molar-refractivity contribution in [1.82, 2.24) is 9.13 Å². The van der Waals surface area contributed by atoms with E-state index >= 15 is 0 Å².